The number of hydrogen-bond acceptors (Lipinski definition) is 3. The highest BCUT2D eigenvalue weighted by Crippen LogP contribution is 2.30. The van der Waals surface area contributed by atoms with E-state index < -0.39 is 10.2 Å². The van der Waals surface area contributed by atoms with Crippen molar-refractivity contribution in [2.75, 3.05) is 20.6 Å². The molecule has 0 saturated carbocycles. The van der Waals surface area contributed by atoms with Gasteiger partial charge in [-0.1, -0.05) is 0 Å². The monoisotopic (exact) mass is 247 g/mol. The van der Waals surface area contributed by atoms with E-state index in [1.54, 1.807) is 14.1 Å². The fourth-order valence-electron chi connectivity index (χ4n) is 2.69. The Hall–Kier alpha value is -0.170. The Bertz CT molecular complexity index is 330. The molecule has 0 radical (unpaired) electrons. The van der Waals surface area contributed by atoms with Crippen LogP contribution < -0.4 is 10.0 Å². The molecule has 2 atom stereocenters. The molecule has 2 saturated heterocycles. The van der Waals surface area contributed by atoms with Crippen molar-refractivity contribution >= 4 is 10.2 Å². The fraction of sp³-hybridized carbons (Fsp3) is 1.00. The lowest BCUT2D eigenvalue weighted by Crippen LogP contribution is -2.44. The minimum Gasteiger partial charge on any atom is -0.311 e. The third-order valence-corrected chi connectivity index (χ3v) is 5.10. The number of piperidine rings is 1. The highest BCUT2D eigenvalue weighted by Gasteiger charge is 2.33. The first-order valence-corrected chi connectivity index (χ1v) is 7.34. The van der Waals surface area contributed by atoms with Gasteiger partial charge in [0.25, 0.3) is 10.2 Å². The Kier molecular flexibility index (Phi) is 3.53. The number of hydrogen-bond donors (Lipinski definition) is 2. The van der Waals surface area contributed by atoms with Crippen LogP contribution in [0.3, 0.4) is 0 Å². The van der Waals surface area contributed by atoms with Crippen molar-refractivity contribution in [3.8, 4) is 0 Å². The van der Waals surface area contributed by atoms with Crippen LogP contribution in [-0.2, 0) is 10.2 Å². The second kappa shape index (κ2) is 4.60. The van der Waals surface area contributed by atoms with Gasteiger partial charge in [-0.3, -0.25) is 0 Å². The van der Waals surface area contributed by atoms with Crippen molar-refractivity contribution < 1.29 is 8.42 Å². The Balaban J connectivity index is 1.83. The minimum atomic E-state index is -3.25. The lowest BCUT2D eigenvalue weighted by atomic mass is 9.93. The number of nitrogens with zero attached hydrogens (tertiary/aromatic N) is 1. The maximum atomic E-state index is 11.6. The van der Waals surface area contributed by atoms with E-state index in [0.717, 1.165) is 12.8 Å². The van der Waals surface area contributed by atoms with Gasteiger partial charge >= 0.3 is 0 Å². The van der Waals surface area contributed by atoms with Crippen LogP contribution in [0.5, 0.6) is 0 Å². The molecule has 2 unspecified atom stereocenters. The maximum Gasteiger partial charge on any atom is 0.278 e. The van der Waals surface area contributed by atoms with Gasteiger partial charge in [0.05, 0.1) is 0 Å². The predicted molar refractivity (Wildman–Crippen MR) is 63.3 cm³/mol. The van der Waals surface area contributed by atoms with Gasteiger partial charge in [-0.2, -0.15) is 12.7 Å². The van der Waals surface area contributed by atoms with Gasteiger partial charge in [0.2, 0.25) is 0 Å². The first-order valence-electron chi connectivity index (χ1n) is 5.90. The smallest absolute Gasteiger partial charge is 0.278 e. The van der Waals surface area contributed by atoms with Crippen molar-refractivity contribution in [1.82, 2.24) is 14.3 Å². The lowest BCUT2D eigenvalue weighted by Gasteiger charge is -2.29. The van der Waals surface area contributed by atoms with Crippen molar-refractivity contribution in [3.63, 3.8) is 0 Å². The van der Waals surface area contributed by atoms with Crippen molar-refractivity contribution in [2.45, 2.75) is 37.8 Å². The molecule has 2 aliphatic heterocycles. The molecular formula is C10H21N3O2S. The molecule has 94 valence electrons. The molecule has 2 aliphatic rings. The predicted octanol–water partition coefficient (Wildman–Crippen LogP) is -0.0870. The first-order chi connectivity index (χ1) is 7.47. The molecule has 2 bridgehead atoms. The van der Waals surface area contributed by atoms with Gasteiger partial charge in [0.1, 0.15) is 0 Å². The Morgan fingerprint density at radius 3 is 2.31 bits per heavy atom. The highest BCUT2D eigenvalue weighted by atomic mass is 32.2. The molecule has 0 spiro atoms. The number of fused-ring (bicyclic) bond motifs is 2. The van der Waals surface area contributed by atoms with E-state index in [4.69, 9.17) is 0 Å². The molecule has 6 heteroatoms. The molecule has 0 amide bonds. The highest BCUT2D eigenvalue weighted by molar-refractivity contribution is 7.87. The van der Waals surface area contributed by atoms with E-state index in [9.17, 15) is 8.42 Å². The fourth-order valence-corrected chi connectivity index (χ4v) is 3.40. The van der Waals surface area contributed by atoms with Crippen LogP contribution in [0.1, 0.15) is 25.7 Å². The van der Waals surface area contributed by atoms with E-state index >= 15 is 0 Å². The van der Waals surface area contributed by atoms with Crippen LogP contribution in [0.4, 0.5) is 0 Å². The van der Waals surface area contributed by atoms with Gasteiger partial charge in [0, 0.05) is 32.7 Å². The maximum absolute atomic E-state index is 11.6. The van der Waals surface area contributed by atoms with Crippen LogP contribution in [0.15, 0.2) is 0 Å². The van der Waals surface area contributed by atoms with Crippen LogP contribution in [-0.4, -0.2) is 45.4 Å². The summed E-state index contributed by atoms with van der Waals surface area (Å²) in [5.74, 6) is 0.494. The molecule has 0 aromatic rings. The lowest BCUT2D eigenvalue weighted by molar-refractivity contribution is 0.298. The molecule has 2 rings (SSSR count). The van der Waals surface area contributed by atoms with Gasteiger partial charge < -0.3 is 5.32 Å². The van der Waals surface area contributed by atoms with E-state index in [1.165, 1.54) is 17.1 Å². The summed E-state index contributed by atoms with van der Waals surface area (Å²) in [5.41, 5.74) is 0. The summed E-state index contributed by atoms with van der Waals surface area (Å²) < 4.78 is 27.0. The van der Waals surface area contributed by atoms with Gasteiger partial charge in [-0.15, -0.1) is 0 Å². The first kappa shape index (κ1) is 12.3. The normalized spacial score (nSPS) is 34.6. The van der Waals surface area contributed by atoms with E-state index in [-0.39, 0.29) is 0 Å². The van der Waals surface area contributed by atoms with Crippen LogP contribution >= 0.6 is 0 Å². The summed E-state index contributed by atoms with van der Waals surface area (Å²) >= 11 is 0. The summed E-state index contributed by atoms with van der Waals surface area (Å²) in [6.45, 7) is 0.579. The molecule has 2 heterocycles. The van der Waals surface area contributed by atoms with Crippen LogP contribution in [0, 0.1) is 5.92 Å². The zero-order valence-electron chi connectivity index (χ0n) is 9.94. The zero-order valence-corrected chi connectivity index (χ0v) is 10.8. The summed E-state index contributed by atoms with van der Waals surface area (Å²) in [5, 5.41) is 3.55. The van der Waals surface area contributed by atoms with Crippen LogP contribution in [0.2, 0.25) is 0 Å². The van der Waals surface area contributed by atoms with Gasteiger partial charge in [-0.25, -0.2) is 4.72 Å². The molecule has 0 aromatic heterocycles. The van der Waals surface area contributed by atoms with Crippen molar-refractivity contribution in [3.05, 3.63) is 0 Å². The van der Waals surface area contributed by atoms with Crippen molar-refractivity contribution in [1.29, 1.82) is 0 Å². The summed E-state index contributed by atoms with van der Waals surface area (Å²) in [4.78, 5) is 0. The summed E-state index contributed by atoms with van der Waals surface area (Å²) in [6, 6.07) is 1.24. The Morgan fingerprint density at radius 2 is 1.81 bits per heavy atom. The molecule has 0 aromatic carbocycles. The van der Waals surface area contributed by atoms with E-state index in [0.29, 0.717) is 24.5 Å². The molecule has 0 aliphatic carbocycles. The minimum absolute atomic E-state index is 0.494. The Labute approximate surface area is 97.8 Å². The largest absolute Gasteiger partial charge is 0.311 e. The number of nitrogens with one attached hydrogen (secondary N) is 2. The van der Waals surface area contributed by atoms with E-state index in [1.807, 2.05) is 0 Å². The van der Waals surface area contributed by atoms with Crippen molar-refractivity contribution in [2.24, 2.45) is 5.92 Å². The summed E-state index contributed by atoms with van der Waals surface area (Å²) in [6.07, 6.45) is 4.71. The molecular weight excluding hydrogens is 226 g/mol. The van der Waals surface area contributed by atoms with Crippen LogP contribution in [0.25, 0.3) is 0 Å². The average molecular weight is 247 g/mol. The van der Waals surface area contributed by atoms with Gasteiger partial charge in [-0.05, 0) is 31.6 Å². The van der Waals surface area contributed by atoms with E-state index in [2.05, 4.69) is 10.0 Å². The second-order valence-corrected chi connectivity index (χ2v) is 7.08. The second-order valence-electron chi connectivity index (χ2n) is 5.11. The molecule has 2 fully saturated rings. The quantitative estimate of drug-likeness (QED) is 0.730. The molecule has 5 nitrogen and oxygen atoms in total. The number of rotatable bonds is 4. The zero-order chi connectivity index (χ0) is 11.8. The standard InChI is InChI=1S/C10H21N3O2S/c1-13(2)16(14,15)11-7-8-5-9-3-4-10(6-8)12-9/h8-12H,3-7H2,1-2H3. The molecule has 2 N–H and O–H groups in total. The summed E-state index contributed by atoms with van der Waals surface area (Å²) in [7, 11) is -0.149. The molecule has 16 heavy (non-hydrogen) atoms. The van der Waals surface area contributed by atoms with Gasteiger partial charge in [0.15, 0.2) is 0 Å². The average Bonchev–Trinajstić information content (AvgIpc) is 2.55. The third kappa shape index (κ3) is 2.74. The topological polar surface area (TPSA) is 61.4 Å². The third-order valence-electron chi connectivity index (χ3n) is 3.61. The SMILES string of the molecule is CN(C)S(=O)(=O)NCC1CC2CCC(C1)N2. The Morgan fingerprint density at radius 1 is 1.25 bits per heavy atom.